The number of carbonyl (C=O) groups is 1. The van der Waals surface area contributed by atoms with Crippen LogP contribution in [0.3, 0.4) is 0 Å². The van der Waals surface area contributed by atoms with Gasteiger partial charge in [0.2, 0.25) is 0 Å². The van der Waals surface area contributed by atoms with Crippen LogP contribution in [0.25, 0.3) is 11.0 Å². The Morgan fingerprint density at radius 3 is 2.65 bits per heavy atom. The van der Waals surface area contributed by atoms with Crippen LogP contribution in [0.1, 0.15) is 33.5 Å². The van der Waals surface area contributed by atoms with E-state index in [1.54, 1.807) is 19.1 Å². The minimum Gasteiger partial charge on any atom is -0.422 e. The molecule has 0 atom stereocenters. The molecule has 0 spiro atoms. The number of ether oxygens (including phenoxy) is 1. The predicted molar refractivity (Wildman–Crippen MR) is 101 cm³/mol. The molecule has 0 radical (unpaired) electrons. The maximum absolute atomic E-state index is 12.4. The van der Waals surface area contributed by atoms with E-state index in [0.29, 0.717) is 21.9 Å². The van der Waals surface area contributed by atoms with Gasteiger partial charge < -0.3 is 9.15 Å². The van der Waals surface area contributed by atoms with Gasteiger partial charge in [0, 0.05) is 21.5 Å². The summed E-state index contributed by atoms with van der Waals surface area (Å²) >= 11 is 11.9. The monoisotopic (exact) mass is 388 g/mol. The molecule has 2 aromatic carbocycles. The summed E-state index contributed by atoms with van der Waals surface area (Å²) < 4.78 is 11.0. The van der Waals surface area contributed by atoms with Gasteiger partial charge in [0.1, 0.15) is 11.3 Å². The number of carbonyl (C=O) groups excluding carboxylic acids is 1. The first-order valence-electron chi connectivity index (χ1n) is 8.21. The van der Waals surface area contributed by atoms with Crippen molar-refractivity contribution >= 4 is 40.1 Å². The van der Waals surface area contributed by atoms with Gasteiger partial charge in [-0.3, -0.25) is 0 Å². The summed E-state index contributed by atoms with van der Waals surface area (Å²) in [7, 11) is 0. The van der Waals surface area contributed by atoms with Crippen molar-refractivity contribution in [2.24, 2.45) is 0 Å². The first-order chi connectivity index (χ1) is 12.5. The van der Waals surface area contributed by atoms with Crippen molar-refractivity contribution in [1.29, 1.82) is 0 Å². The number of fused-ring (bicyclic) bond motifs is 3. The number of hydrogen-bond acceptors (Lipinski definition) is 4. The van der Waals surface area contributed by atoms with Gasteiger partial charge in [-0.1, -0.05) is 23.2 Å². The fourth-order valence-electron chi connectivity index (χ4n) is 3.38. The molecular formula is C20H14Cl2O4. The summed E-state index contributed by atoms with van der Waals surface area (Å²) in [5, 5.41) is 1.55. The van der Waals surface area contributed by atoms with Crippen LogP contribution in [0.2, 0.25) is 10.0 Å². The molecule has 0 amide bonds. The molecule has 0 unspecified atom stereocenters. The predicted octanol–water partition coefficient (Wildman–Crippen LogP) is 5.12. The number of halogens is 2. The highest BCUT2D eigenvalue weighted by Crippen LogP contribution is 2.33. The Kier molecular flexibility index (Phi) is 4.25. The molecule has 1 aromatic heterocycles. The average molecular weight is 389 g/mol. The van der Waals surface area contributed by atoms with Gasteiger partial charge >= 0.3 is 11.6 Å². The van der Waals surface area contributed by atoms with Gasteiger partial charge in [-0.15, -0.1) is 0 Å². The van der Waals surface area contributed by atoms with Crippen molar-refractivity contribution in [3.63, 3.8) is 0 Å². The van der Waals surface area contributed by atoms with E-state index in [9.17, 15) is 9.59 Å². The molecule has 1 aliphatic rings. The lowest BCUT2D eigenvalue weighted by Crippen LogP contribution is -2.11. The van der Waals surface area contributed by atoms with E-state index < -0.39 is 5.97 Å². The summed E-state index contributed by atoms with van der Waals surface area (Å²) in [6.07, 6.45) is 2.55. The second kappa shape index (κ2) is 6.45. The lowest BCUT2D eigenvalue weighted by molar-refractivity contribution is 0.0734. The fourth-order valence-corrected chi connectivity index (χ4v) is 3.87. The SMILES string of the molecule is Cc1c(OC(=O)c2ccc(Cl)cc2Cl)ccc2c3c(c(=O)oc12)CCC3. The number of esters is 1. The molecule has 0 fully saturated rings. The van der Waals surface area contributed by atoms with Gasteiger partial charge in [-0.2, -0.15) is 0 Å². The van der Waals surface area contributed by atoms with Gasteiger partial charge in [0.05, 0.1) is 10.6 Å². The topological polar surface area (TPSA) is 56.5 Å². The smallest absolute Gasteiger partial charge is 0.345 e. The number of aryl methyl sites for hydroxylation is 2. The molecule has 0 N–H and O–H groups in total. The maximum Gasteiger partial charge on any atom is 0.345 e. The highest BCUT2D eigenvalue weighted by atomic mass is 35.5. The highest BCUT2D eigenvalue weighted by molar-refractivity contribution is 6.36. The third-order valence-electron chi connectivity index (χ3n) is 4.69. The zero-order valence-electron chi connectivity index (χ0n) is 13.9. The standard InChI is InChI=1S/C20H14Cl2O4/c1-10-17(25-20(24)15-6-5-11(21)9-16(15)22)8-7-13-12-3-2-4-14(12)19(23)26-18(10)13/h5-9H,2-4H2,1H3. The molecular weight excluding hydrogens is 375 g/mol. The Hall–Kier alpha value is -2.30. The number of benzene rings is 2. The molecule has 6 heteroatoms. The molecule has 1 aliphatic carbocycles. The van der Waals surface area contributed by atoms with Crippen LogP contribution in [-0.2, 0) is 12.8 Å². The summed E-state index contributed by atoms with van der Waals surface area (Å²) in [4.78, 5) is 24.7. The van der Waals surface area contributed by atoms with Crippen molar-refractivity contribution < 1.29 is 13.9 Å². The molecule has 0 saturated heterocycles. The summed E-state index contributed by atoms with van der Waals surface area (Å²) in [6.45, 7) is 1.76. The average Bonchev–Trinajstić information content (AvgIpc) is 3.08. The largest absolute Gasteiger partial charge is 0.422 e. The Labute approximate surface area is 159 Å². The molecule has 1 heterocycles. The zero-order chi connectivity index (χ0) is 18.4. The molecule has 132 valence electrons. The van der Waals surface area contributed by atoms with Crippen molar-refractivity contribution in [2.45, 2.75) is 26.2 Å². The summed E-state index contributed by atoms with van der Waals surface area (Å²) in [6, 6.07) is 8.12. The van der Waals surface area contributed by atoms with Gasteiger partial charge in [-0.05, 0) is 62.1 Å². The third kappa shape index (κ3) is 2.79. The quantitative estimate of drug-likeness (QED) is 0.347. The highest BCUT2D eigenvalue weighted by Gasteiger charge is 2.22. The van der Waals surface area contributed by atoms with Crippen molar-refractivity contribution in [3.8, 4) is 5.75 Å². The maximum atomic E-state index is 12.4. The third-order valence-corrected chi connectivity index (χ3v) is 5.24. The second-order valence-electron chi connectivity index (χ2n) is 6.28. The van der Waals surface area contributed by atoms with Crippen LogP contribution in [0, 0.1) is 6.92 Å². The van der Waals surface area contributed by atoms with Crippen LogP contribution in [0.15, 0.2) is 39.5 Å². The molecule has 26 heavy (non-hydrogen) atoms. The molecule has 3 aromatic rings. The summed E-state index contributed by atoms with van der Waals surface area (Å²) in [5.74, 6) is -0.271. The van der Waals surface area contributed by atoms with Gasteiger partial charge in [-0.25, -0.2) is 9.59 Å². The van der Waals surface area contributed by atoms with Crippen molar-refractivity contribution in [1.82, 2.24) is 0 Å². The van der Waals surface area contributed by atoms with E-state index in [-0.39, 0.29) is 16.2 Å². The van der Waals surface area contributed by atoms with E-state index >= 15 is 0 Å². The van der Waals surface area contributed by atoms with E-state index in [1.165, 1.54) is 12.1 Å². The van der Waals surface area contributed by atoms with Gasteiger partial charge in [0.15, 0.2) is 0 Å². The van der Waals surface area contributed by atoms with E-state index in [0.717, 1.165) is 35.8 Å². The van der Waals surface area contributed by atoms with Crippen LogP contribution in [0.5, 0.6) is 5.75 Å². The Bertz CT molecular complexity index is 1110. The molecule has 4 nitrogen and oxygen atoms in total. The van der Waals surface area contributed by atoms with Crippen LogP contribution < -0.4 is 10.4 Å². The summed E-state index contributed by atoms with van der Waals surface area (Å²) in [5.41, 5.74) is 2.77. The second-order valence-corrected chi connectivity index (χ2v) is 7.12. The minimum atomic E-state index is -0.599. The Morgan fingerprint density at radius 1 is 1.12 bits per heavy atom. The molecule has 4 rings (SSSR count). The van der Waals surface area contributed by atoms with Crippen LogP contribution >= 0.6 is 23.2 Å². The van der Waals surface area contributed by atoms with Crippen LogP contribution in [0.4, 0.5) is 0 Å². The first kappa shape index (κ1) is 17.1. The minimum absolute atomic E-state index is 0.213. The lowest BCUT2D eigenvalue weighted by Gasteiger charge is -2.11. The molecule has 0 saturated carbocycles. The lowest BCUT2D eigenvalue weighted by atomic mass is 10.0. The number of rotatable bonds is 2. The molecule has 0 aliphatic heterocycles. The van der Waals surface area contributed by atoms with E-state index in [2.05, 4.69) is 0 Å². The van der Waals surface area contributed by atoms with Gasteiger partial charge in [0.25, 0.3) is 0 Å². The van der Waals surface area contributed by atoms with E-state index in [4.69, 9.17) is 32.4 Å². The van der Waals surface area contributed by atoms with Crippen LogP contribution in [-0.4, -0.2) is 5.97 Å². The van der Waals surface area contributed by atoms with E-state index in [1.807, 2.05) is 6.07 Å². The van der Waals surface area contributed by atoms with Crippen molar-refractivity contribution in [3.05, 3.63) is 73.1 Å². The number of hydrogen-bond donors (Lipinski definition) is 0. The fraction of sp³-hybridized carbons (Fsp3) is 0.200. The first-order valence-corrected chi connectivity index (χ1v) is 8.96. The molecule has 0 bridgehead atoms. The normalized spacial score (nSPS) is 13.0. The van der Waals surface area contributed by atoms with Crippen molar-refractivity contribution in [2.75, 3.05) is 0 Å². The Morgan fingerprint density at radius 2 is 1.88 bits per heavy atom. The zero-order valence-corrected chi connectivity index (χ0v) is 15.4. The Balaban J connectivity index is 1.76.